The highest BCUT2D eigenvalue weighted by Gasteiger charge is 2.19. The normalized spacial score (nSPS) is 20.5. The Hall–Kier alpha value is -0.870. The fourth-order valence-corrected chi connectivity index (χ4v) is 1.63. The van der Waals surface area contributed by atoms with E-state index in [-0.39, 0.29) is 12.0 Å². The molecule has 15 heavy (non-hydrogen) atoms. The van der Waals surface area contributed by atoms with Gasteiger partial charge in [-0.25, -0.2) is 9.37 Å². The standard InChI is InChI=1S/C10H11ClFNO2/c11-4-7-3-8(12)5-13-10(7)15-9-1-2-14-6-9/h3,5,9H,1-2,4,6H2. The molecule has 0 amide bonds. The largest absolute Gasteiger partial charge is 0.472 e. The fraction of sp³-hybridized carbons (Fsp3) is 0.500. The number of nitrogens with zero attached hydrogens (tertiary/aromatic N) is 1. The molecule has 0 aliphatic carbocycles. The molecule has 2 rings (SSSR count). The van der Waals surface area contributed by atoms with Crippen LogP contribution in [0.15, 0.2) is 12.3 Å². The molecule has 0 aromatic carbocycles. The first kappa shape index (κ1) is 10.6. The van der Waals surface area contributed by atoms with Crippen LogP contribution in [0.3, 0.4) is 0 Å². The van der Waals surface area contributed by atoms with E-state index in [1.165, 1.54) is 6.07 Å². The van der Waals surface area contributed by atoms with Gasteiger partial charge >= 0.3 is 0 Å². The second-order valence-corrected chi connectivity index (χ2v) is 3.62. The average molecular weight is 232 g/mol. The monoisotopic (exact) mass is 231 g/mol. The summed E-state index contributed by atoms with van der Waals surface area (Å²) in [5.74, 6) is 0.191. The minimum Gasteiger partial charge on any atom is -0.472 e. The number of hydrogen-bond donors (Lipinski definition) is 0. The molecule has 1 aliphatic rings. The number of rotatable bonds is 3. The van der Waals surface area contributed by atoms with Crippen LogP contribution >= 0.6 is 11.6 Å². The van der Waals surface area contributed by atoms with Gasteiger partial charge < -0.3 is 9.47 Å². The number of alkyl halides is 1. The van der Waals surface area contributed by atoms with Crippen molar-refractivity contribution in [3.8, 4) is 5.88 Å². The van der Waals surface area contributed by atoms with E-state index in [4.69, 9.17) is 21.1 Å². The molecule has 3 nitrogen and oxygen atoms in total. The SMILES string of the molecule is Fc1cnc(OC2CCOC2)c(CCl)c1. The van der Waals surface area contributed by atoms with Gasteiger partial charge in [0.05, 0.1) is 25.3 Å². The van der Waals surface area contributed by atoms with E-state index in [1.807, 2.05) is 0 Å². The smallest absolute Gasteiger partial charge is 0.218 e. The number of ether oxygens (including phenoxy) is 2. The quantitative estimate of drug-likeness (QED) is 0.747. The molecule has 0 N–H and O–H groups in total. The van der Waals surface area contributed by atoms with Gasteiger partial charge in [-0.2, -0.15) is 0 Å². The number of halogens is 2. The highest BCUT2D eigenvalue weighted by molar-refractivity contribution is 6.17. The van der Waals surface area contributed by atoms with Crippen molar-refractivity contribution < 1.29 is 13.9 Å². The molecule has 1 aromatic heterocycles. The Morgan fingerprint density at radius 2 is 2.53 bits per heavy atom. The maximum Gasteiger partial charge on any atom is 0.218 e. The molecule has 1 unspecified atom stereocenters. The second-order valence-electron chi connectivity index (χ2n) is 3.35. The van der Waals surface area contributed by atoms with Crippen molar-refractivity contribution in [1.29, 1.82) is 0 Å². The van der Waals surface area contributed by atoms with Crippen LogP contribution in [0, 0.1) is 5.82 Å². The minimum atomic E-state index is -0.402. The van der Waals surface area contributed by atoms with E-state index in [1.54, 1.807) is 0 Å². The van der Waals surface area contributed by atoms with Crippen molar-refractivity contribution >= 4 is 11.6 Å². The van der Waals surface area contributed by atoms with Crippen LogP contribution in [-0.4, -0.2) is 24.3 Å². The maximum absolute atomic E-state index is 12.8. The zero-order valence-electron chi connectivity index (χ0n) is 8.08. The van der Waals surface area contributed by atoms with E-state index >= 15 is 0 Å². The maximum atomic E-state index is 12.8. The fourth-order valence-electron chi connectivity index (χ4n) is 1.43. The number of aromatic nitrogens is 1. The van der Waals surface area contributed by atoms with Crippen LogP contribution in [0.2, 0.25) is 0 Å². The van der Waals surface area contributed by atoms with Gasteiger partial charge in [0.2, 0.25) is 5.88 Å². The number of pyridine rings is 1. The van der Waals surface area contributed by atoms with Crippen LogP contribution in [0.4, 0.5) is 4.39 Å². The Labute approximate surface area is 92.2 Å². The molecule has 0 bridgehead atoms. The molecule has 82 valence electrons. The Balaban J connectivity index is 2.12. The second kappa shape index (κ2) is 4.77. The van der Waals surface area contributed by atoms with Crippen molar-refractivity contribution in [1.82, 2.24) is 4.98 Å². The van der Waals surface area contributed by atoms with Crippen molar-refractivity contribution in [2.75, 3.05) is 13.2 Å². The Morgan fingerprint density at radius 3 is 3.20 bits per heavy atom. The molecule has 2 heterocycles. The van der Waals surface area contributed by atoms with Crippen molar-refractivity contribution in [3.05, 3.63) is 23.6 Å². The third-order valence-corrected chi connectivity index (χ3v) is 2.49. The molecule has 1 aliphatic heterocycles. The van der Waals surface area contributed by atoms with Gasteiger partial charge in [-0.15, -0.1) is 11.6 Å². The lowest BCUT2D eigenvalue weighted by atomic mass is 10.3. The van der Waals surface area contributed by atoms with Crippen molar-refractivity contribution in [3.63, 3.8) is 0 Å². The molecular formula is C10H11ClFNO2. The highest BCUT2D eigenvalue weighted by Crippen LogP contribution is 2.21. The summed E-state index contributed by atoms with van der Waals surface area (Å²) in [5, 5.41) is 0. The van der Waals surface area contributed by atoms with Gasteiger partial charge in [-0.05, 0) is 6.07 Å². The van der Waals surface area contributed by atoms with Gasteiger partial charge in [0.1, 0.15) is 11.9 Å². The molecule has 5 heteroatoms. The van der Waals surface area contributed by atoms with Crippen molar-refractivity contribution in [2.24, 2.45) is 0 Å². The lowest BCUT2D eigenvalue weighted by Crippen LogP contribution is -2.17. The predicted molar refractivity (Wildman–Crippen MR) is 53.6 cm³/mol. The van der Waals surface area contributed by atoms with Gasteiger partial charge in [-0.1, -0.05) is 0 Å². The molecule has 0 spiro atoms. The van der Waals surface area contributed by atoms with Gasteiger partial charge in [0.15, 0.2) is 0 Å². The highest BCUT2D eigenvalue weighted by atomic mass is 35.5. The van der Waals surface area contributed by atoms with Gasteiger partial charge in [0, 0.05) is 12.0 Å². The molecule has 1 saturated heterocycles. The van der Waals surface area contributed by atoms with Crippen LogP contribution in [0.25, 0.3) is 0 Å². The van der Waals surface area contributed by atoms with E-state index < -0.39 is 5.82 Å². The summed E-state index contributed by atoms with van der Waals surface area (Å²) in [4.78, 5) is 3.88. The van der Waals surface area contributed by atoms with Crippen LogP contribution in [0.5, 0.6) is 5.88 Å². The Morgan fingerprint density at radius 1 is 1.67 bits per heavy atom. The first-order valence-corrected chi connectivity index (χ1v) is 5.28. The molecular weight excluding hydrogens is 221 g/mol. The third-order valence-electron chi connectivity index (χ3n) is 2.20. The van der Waals surface area contributed by atoms with Crippen LogP contribution in [0.1, 0.15) is 12.0 Å². The summed E-state index contributed by atoms with van der Waals surface area (Å²) in [6, 6.07) is 1.34. The minimum absolute atomic E-state index is 0.00456. The first-order chi connectivity index (χ1) is 7.29. The number of hydrogen-bond acceptors (Lipinski definition) is 3. The predicted octanol–water partition coefficient (Wildman–Crippen LogP) is 2.13. The molecule has 0 saturated carbocycles. The summed E-state index contributed by atoms with van der Waals surface area (Å²) in [5.41, 5.74) is 0.573. The lowest BCUT2D eigenvalue weighted by Gasteiger charge is -2.13. The van der Waals surface area contributed by atoms with E-state index in [2.05, 4.69) is 4.98 Å². The van der Waals surface area contributed by atoms with E-state index in [9.17, 15) is 4.39 Å². The topological polar surface area (TPSA) is 31.4 Å². The summed E-state index contributed by atoms with van der Waals surface area (Å²) >= 11 is 5.67. The molecule has 1 fully saturated rings. The molecule has 1 aromatic rings. The van der Waals surface area contributed by atoms with Crippen molar-refractivity contribution in [2.45, 2.75) is 18.4 Å². The van der Waals surface area contributed by atoms with Crippen LogP contribution in [-0.2, 0) is 10.6 Å². The summed E-state index contributed by atoms with van der Waals surface area (Å²) < 4.78 is 23.6. The summed E-state index contributed by atoms with van der Waals surface area (Å²) in [7, 11) is 0. The third kappa shape index (κ3) is 2.58. The van der Waals surface area contributed by atoms with Gasteiger partial charge in [0.25, 0.3) is 0 Å². The van der Waals surface area contributed by atoms with Gasteiger partial charge in [-0.3, -0.25) is 0 Å². The van der Waals surface area contributed by atoms with E-state index in [0.29, 0.717) is 24.7 Å². The lowest BCUT2D eigenvalue weighted by molar-refractivity contribution is 0.137. The Bertz CT molecular complexity index is 342. The zero-order valence-corrected chi connectivity index (χ0v) is 8.84. The average Bonchev–Trinajstić information content (AvgIpc) is 2.73. The first-order valence-electron chi connectivity index (χ1n) is 4.74. The molecule has 1 atom stereocenters. The zero-order chi connectivity index (χ0) is 10.7. The summed E-state index contributed by atoms with van der Waals surface area (Å²) in [6.45, 7) is 1.25. The summed E-state index contributed by atoms with van der Waals surface area (Å²) in [6.07, 6.45) is 1.96. The molecule has 0 radical (unpaired) electrons. The van der Waals surface area contributed by atoms with E-state index in [0.717, 1.165) is 12.6 Å². The Kier molecular flexibility index (Phi) is 3.38. The van der Waals surface area contributed by atoms with Crippen LogP contribution < -0.4 is 4.74 Å².